The Morgan fingerprint density at radius 1 is 1.60 bits per heavy atom. The van der Waals surface area contributed by atoms with Crippen LogP contribution in [0, 0.1) is 0 Å². The molecule has 0 aliphatic carbocycles. The Bertz CT molecular complexity index is 345. The van der Waals surface area contributed by atoms with E-state index in [1.165, 1.54) is 0 Å². The third-order valence-electron chi connectivity index (χ3n) is 2.79. The number of hydrogen-bond donors (Lipinski definition) is 1. The standard InChI is InChI=1S/C11H16N2O2/c1-7(2)13-10(14)6-8(12)11(13)9-4-3-5-15-9/h3-5,7-8,11H,6,12H2,1-2H3/t8-,11-/m0/s1. The number of nitrogens with zero attached hydrogens (tertiary/aromatic N) is 1. The van der Waals surface area contributed by atoms with Gasteiger partial charge in [-0.2, -0.15) is 0 Å². The molecule has 82 valence electrons. The van der Waals surface area contributed by atoms with E-state index < -0.39 is 0 Å². The van der Waals surface area contributed by atoms with Crippen molar-refractivity contribution in [2.75, 3.05) is 0 Å². The summed E-state index contributed by atoms with van der Waals surface area (Å²) in [5.41, 5.74) is 5.97. The lowest BCUT2D eigenvalue weighted by molar-refractivity contribution is -0.130. The number of carbonyl (C=O) groups is 1. The molecule has 0 radical (unpaired) electrons. The van der Waals surface area contributed by atoms with Gasteiger partial charge in [0, 0.05) is 18.5 Å². The average Bonchev–Trinajstić information content (AvgIpc) is 2.71. The van der Waals surface area contributed by atoms with Crippen LogP contribution in [-0.2, 0) is 4.79 Å². The Morgan fingerprint density at radius 3 is 2.87 bits per heavy atom. The molecule has 4 nitrogen and oxygen atoms in total. The first-order valence-corrected chi connectivity index (χ1v) is 5.21. The molecule has 0 aromatic carbocycles. The molecule has 1 aliphatic heterocycles. The normalized spacial score (nSPS) is 26.7. The minimum atomic E-state index is -0.161. The van der Waals surface area contributed by atoms with Gasteiger partial charge in [-0.1, -0.05) is 0 Å². The fourth-order valence-electron chi connectivity index (χ4n) is 2.20. The van der Waals surface area contributed by atoms with Crippen molar-refractivity contribution >= 4 is 5.91 Å². The highest BCUT2D eigenvalue weighted by Gasteiger charge is 2.41. The fraction of sp³-hybridized carbons (Fsp3) is 0.545. The van der Waals surface area contributed by atoms with Gasteiger partial charge in [0.25, 0.3) is 0 Å². The highest BCUT2D eigenvalue weighted by Crippen LogP contribution is 2.33. The van der Waals surface area contributed by atoms with Crippen LogP contribution >= 0.6 is 0 Å². The van der Waals surface area contributed by atoms with Gasteiger partial charge in [-0.3, -0.25) is 4.79 Å². The minimum absolute atomic E-state index is 0.104. The van der Waals surface area contributed by atoms with Gasteiger partial charge in [0.2, 0.25) is 5.91 Å². The third kappa shape index (κ3) is 1.65. The Kier molecular flexibility index (Phi) is 2.52. The van der Waals surface area contributed by atoms with E-state index in [0.717, 1.165) is 5.76 Å². The molecule has 2 N–H and O–H groups in total. The third-order valence-corrected chi connectivity index (χ3v) is 2.79. The van der Waals surface area contributed by atoms with E-state index >= 15 is 0 Å². The maximum atomic E-state index is 11.7. The van der Waals surface area contributed by atoms with Gasteiger partial charge >= 0.3 is 0 Å². The number of furan rings is 1. The maximum absolute atomic E-state index is 11.7. The van der Waals surface area contributed by atoms with Crippen molar-refractivity contribution in [3.8, 4) is 0 Å². The van der Waals surface area contributed by atoms with E-state index in [-0.39, 0.29) is 24.0 Å². The molecular formula is C11H16N2O2. The largest absolute Gasteiger partial charge is 0.467 e. The van der Waals surface area contributed by atoms with E-state index in [1.54, 1.807) is 6.26 Å². The topological polar surface area (TPSA) is 59.5 Å². The van der Waals surface area contributed by atoms with Crippen molar-refractivity contribution in [3.05, 3.63) is 24.2 Å². The molecule has 0 bridgehead atoms. The average molecular weight is 208 g/mol. The highest BCUT2D eigenvalue weighted by atomic mass is 16.3. The number of hydrogen-bond acceptors (Lipinski definition) is 3. The predicted molar refractivity (Wildman–Crippen MR) is 56.0 cm³/mol. The van der Waals surface area contributed by atoms with Crippen molar-refractivity contribution in [1.82, 2.24) is 4.90 Å². The molecule has 1 saturated heterocycles. The quantitative estimate of drug-likeness (QED) is 0.796. The predicted octanol–water partition coefficient (Wildman–Crippen LogP) is 1.29. The monoisotopic (exact) mass is 208 g/mol. The molecule has 4 heteroatoms. The summed E-state index contributed by atoms with van der Waals surface area (Å²) in [6.07, 6.45) is 2.02. The molecule has 1 aromatic heterocycles. The second-order valence-electron chi connectivity index (χ2n) is 4.22. The van der Waals surface area contributed by atoms with Crippen molar-refractivity contribution in [2.45, 2.75) is 38.4 Å². The van der Waals surface area contributed by atoms with Crippen LogP contribution in [0.25, 0.3) is 0 Å². The summed E-state index contributed by atoms with van der Waals surface area (Å²) in [5, 5.41) is 0. The summed E-state index contributed by atoms with van der Waals surface area (Å²) in [4.78, 5) is 13.5. The lowest BCUT2D eigenvalue weighted by atomic mass is 10.1. The first kappa shape index (κ1) is 10.2. The summed E-state index contributed by atoms with van der Waals surface area (Å²) in [5.74, 6) is 0.890. The van der Waals surface area contributed by atoms with Gasteiger partial charge in [0.05, 0.1) is 6.26 Å². The Hall–Kier alpha value is -1.29. The molecule has 1 fully saturated rings. The number of nitrogens with two attached hydrogens (primary N) is 1. The number of carbonyl (C=O) groups excluding carboxylic acids is 1. The van der Waals surface area contributed by atoms with E-state index in [4.69, 9.17) is 10.2 Å². The van der Waals surface area contributed by atoms with Crippen LogP contribution in [0.5, 0.6) is 0 Å². The Labute approximate surface area is 89.0 Å². The Balaban J connectivity index is 2.32. The van der Waals surface area contributed by atoms with Crippen LogP contribution in [0.15, 0.2) is 22.8 Å². The molecule has 0 unspecified atom stereocenters. The van der Waals surface area contributed by atoms with E-state index in [9.17, 15) is 4.79 Å². The molecule has 15 heavy (non-hydrogen) atoms. The molecular weight excluding hydrogens is 192 g/mol. The minimum Gasteiger partial charge on any atom is -0.467 e. The molecule has 2 rings (SSSR count). The van der Waals surface area contributed by atoms with Gasteiger partial charge in [-0.05, 0) is 26.0 Å². The van der Waals surface area contributed by atoms with Crippen molar-refractivity contribution in [2.24, 2.45) is 5.73 Å². The second-order valence-corrected chi connectivity index (χ2v) is 4.22. The molecule has 1 amide bonds. The first-order valence-electron chi connectivity index (χ1n) is 5.21. The molecule has 1 aromatic rings. The van der Waals surface area contributed by atoms with Crippen LogP contribution < -0.4 is 5.73 Å². The fourth-order valence-corrected chi connectivity index (χ4v) is 2.20. The lowest BCUT2D eigenvalue weighted by Crippen LogP contribution is -2.37. The second kappa shape index (κ2) is 3.70. The smallest absolute Gasteiger partial charge is 0.225 e. The molecule has 2 atom stereocenters. The SMILES string of the molecule is CC(C)N1C(=O)C[C@H](N)[C@H]1c1ccco1. The van der Waals surface area contributed by atoms with Gasteiger partial charge in [0.1, 0.15) is 11.8 Å². The van der Waals surface area contributed by atoms with Gasteiger partial charge in [0.15, 0.2) is 0 Å². The van der Waals surface area contributed by atoms with Gasteiger partial charge in [-0.25, -0.2) is 0 Å². The van der Waals surface area contributed by atoms with Crippen LogP contribution in [-0.4, -0.2) is 22.9 Å². The molecule has 2 heterocycles. The van der Waals surface area contributed by atoms with E-state index in [0.29, 0.717) is 6.42 Å². The summed E-state index contributed by atoms with van der Waals surface area (Å²) in [7, 11) is 0. The van der Waals surface area contributed by atoms with E-state index in [1.807, 2.05) is 30.9 Å². The van der Waals surface area contributed by atoms with Crippen LogP contribution in [0.3, 0.4) is 0 Å². The van der Waals surface area contributed by atoms with Crippen LogP contribution in [0.2, 0.25) is 0 Å². The summed E-state index contributed by atoms with van der Waals surface area (Å²) in [6, 6.07) is 3.58. The number of amides is 1. The highest BCUT2D eigenvalue weighted by molar-refractivity contribution is 5.80. The van der Waals surface area contributed by atoms with Gasteiger partial charge < -0.3 is 15.1 Å². The zero-order valence-corrected chi connectivity index (χ0v) is 9.01. The molecule has 0 saturated carbocycles. The summed E-state index contributed by atoms with van der Waals surface area (Å²) in [6.45, 7) is 3.98. The van der Waals surface area contributed by atoms with Gasteiger partial charge in [-0.15, -0.1) is 0 Å². The number of likely N-dealkylation sites (tertiary alicyclic amines) is 1. The Morgan fingerprint density at radius 2 is 2.33 bits per heavy atom. The zero-order valence-electron chi connectivity index (χ0n) is 9.01. The zero-order chi connectivity index (χ0) is 11.0. The summed E-state index contributed by atoms with van der Waals surface area (Å²) < 4.78 is 5.34. The van der Waals surface area contributed by atoms with Crippen molar-refractivity contribution in [3.63, 3.8) is 0 Å². The first-order chi connectivity index (χ1) is 7.11. The van der Waals surface area contributed by atoms with Crippen molar-refractivity contribution < 1.29 is 9.21 Å². The molecule has 1 aliphatic rings. The summed E-state index contributed by atoms with van der Waals surface area (Å²) >= 11 is 0. The van der Waals surface area contributed by atoms with Crippen LogP contribution in [0.4, 0.5) is 0 Å². The van der Waals surface area contributed by atoms with Crippen LogP contribution in [0.1, 0.15) is 32.1 Å². The van der Waals surface area contributed by atoms with E-state index in [2.05, 4.69) is 0 Å². The lowest BCUT2D eigenvalue weighted by Gasteiger charge is -2.28. The van der Waals surface area contributed by atoms with Crippen molar-refractivity contribution in [1.29, 1.82) is 0 Å². The molecule has 0 spiro atoms. The maximum Gasteiger partial charge on any atom is 0.225 e. The number of rotatable bonds is 2.